The van der Waals surface area contributed by atoms with Gasteiger partial charge in [0, 0.05) is 29.3 Å². The van der Waals surface area contributed by atoms with Gasteiger partial charge >= 0.3 is 0 Å². The lowest BCUT2D eigenvalue weighted by Crippen LogP contribution is -1.95. The second-order valence-electron chi connectivity index (χ2n) is 7.10. The zero-order valence-corrected chi connectivity index (χ0v) is 17.9. The average Bonchev–Trinajstić information content (AvgIpc) is 3.45. The molecule has 0 fully saturated rings. The molecule has 6 nitrogen and oxygen atoms in total. The van der Waals surface area contributed by atoms with Crippen LogP contribution in [-0.2, 0) is 7.05 Å². The van der Waals surface area contributed by atoms with Gasteiger partial charge in [0.25, 0.3) is 0 Å². The molecular weight excluding hydrogens is 406 g/mol. The molecule has 0 saturated carbocycles. The summed E-state index contributed by atoms with van der Waals surface area (Å²) in [5.74, 6) is 1.32. The molecule has 0 radical (unpaired) electrons. The molecule has 31 heavy (non-hydrogen) atoms. The molecule has 7 heteroatoms. The Labute approximate surface area is 184 Å². The predicted molar refractivity (Wildman–Crippen MR) is 120 cm³/mol. The third kappa shape index (κ3) is 3.87. The van der Waals surface area contributed by atoms with E-state index in [1.807, 2.05) is 49.5 Å². The topological polar surface area (TPSA) is 69.6 Å². The Bertz CT molecular complexity index is 1300. The van der Waals surface area contributed by atoms with Crippen LogP contribution in [0.3, 0.4) is 0 Å². The monoisotopic (exact) mass is 425 g/mol. The zero-order chi connectivity index (χ0) is 21.2. The van der Waals surface area contributed by atoms with E-state index in [1.54, 1.807) is 18.0 Å². The number of aromatic nitrogens is 5. The van der Waals surface area contributed by atoms with Crippen LogP contribution < -0.4 is 0 Å². The predicted octanol–water partition coefficient (Wildman–Crippen LogP) is 5.66. The van der Waals surface area contributed by atoms with Crippen LogP contribution in [0.25, 0.3) is 34.2 Å². The van der Waals surface area contributed by atoms with Gasteiger partial charge in [0.2, 0.25) is 12.3 Å². The molecule has 0 aliphatic rings. The Balaban J connectivity index is 1.60. The molecule has 0 spiro atoms. The molecule has 0 N–H and O–H groups in total. The maximum atomic E-state index is 5.30. The minimum atomic E-state index is 0.496. The number of benzene rings is 2. The van der Waals surface area contributed by atoms with E-state index in [4.69, 9.17) is 9.40 Å². The molecule has 152 valence electrons. The van der Waals surface area contributed by atoms with Crippen LogP contribution in [-0.4, -0.2) is 24.7 Å². The number of pyridine rings is 1. The van der Waals surface area contributed by atoms with Crippen LogP contribution in [0, 0.1) is 6.92 Å². The van der Waals surface area contributed by atoms with Gasteiger partial charge in [-0.2, -0.15) is 0 Å². The van der Waals surface area contributed by atoms with Gasteiger partial charge in [-0.15, -0.1) is 10.2 Å². The molecule has 3 heterocycles. The van der Waals surface area contributed by atoms with Crippen LogP contribution in [0.2, 0.25) is 0 Å². The summed E-state index contributed by atoms with van der Waals surface area (Å²) in [7, 11) is 2.03. The van der Waals surface area contributed by atoms with E-state index in [-0.39, 0.29) is 0 Å². The molecule has 2 aromatic carbocycles. The van der Waals surface area contributed by atoms with E-state index in [0.717, 1.165) is 38.3 Å². The van der Waals surface area contributed by atoms with Crippen molar-refractivity contribution in [2.45, 2.75) is 16.8 Å². The van der Waals surface area contributed by atoms with Crippen LogP contribution in [0.15, 0.2) is 93.7 Å². The van der Waals surface area contributed by atoms with E-state index in [1.165, 1.54) is 12.0 Å². The van der Waals surface area contributed by atoms with Gasteiger partial charge < -0.3 is 8.98 Å². The Morgan fingerprint density at radius 3 is 2.35 bits per heavy atom. The summed E-state index contributed by atoms with van der Waals surface area (Å²) in [6, 6.07) is 22.4. The molecule has 0 saturated heterocycles. The van der Waals surface area contributed by atoms with Gasteiger partial charge in [0.05, 0.1) is 0 Å². The Morgan fingerprint density at radius 2 is 1.68 bits per heavy atom. The standard InChI is InChI=1S/C24H19N5OS/c1-16-6-12-19(13-7-16)31-24-21(27-22(29(24)2)20-5-3-4-14-25-20)17-8-10-18(11-9-17)23-28-26-15-30-23/h3-15H,1-2H3. The molecule has 0 aliphatic carbocycles. The number of hydrogen-bond acceptors (Lipinski definition) is 6. The summed E-state index contributed by atoms with van der Waals surface area (Å²) in [4.78, 5) is 10.6. The molecular formula is C24H19N5OS. The van der Waals surface area contributed by atoms with Gasteiger partial charge in [-0.1, -0.05) is 47.7 Å². The second kappa shape index (κ2) is 8.20. The first kappa shape index (κ1) is 19.3. The smallest absolute Gasteiger partial charge is 0.247 e. The first-order chi connectivity index (χ1) is 15.2. The molecule has 5 aromatic rings. The largest absolute Gasteiger partial charge is 0.423 e. The van der Waals surface area contributed by atoms with Crippen LogP contribution in [0.5, 0.6) is 0 Å². The molecule has 0 bridgehead atoms. The summed E-state index contributed by atoms with van der Waals surface area (Å²) in [6.45, 7) is 2.09. The van der Waals surface area contributed by atoms with Crippen LogP contribution >= 0.6 is 11.8 Å². The molecule has 0 amide bonds. The number of rotatable bonds is 5. The number of hydrogen-bond donors (Lipinski definition) is 0. The second-order valence-corrected chi connectivity index (χ2v) is 8.16. The van der Waals surface area contributed by atoms with Gasteiger partial charge in [-0.3, -0.25) is 4.98 Å². The fourth-order valence-electron chi connectivity index (χ4n) is 3.30. The lowest BCUT2D eigenvalue weighted by atomic mass is 10.1. The number of aryl methyl sites for hydroxylation is 1. The highest BCUT2D eigenvalue weighted by Gasteiger charge is 2.19. The molecule has 0 atom stereocenters. The average molecular weight is 426 g/mol. The number of imidazole rings is 1. The molecule has 0 unspecified atom stereocenters. The van der Waals surface area contributed by atoms with Crippen molar-refractivity contribution in [2.24, 2.45) is 7.05 Å². The third-order valence-corrected chi connectivity index (χ3v) is 6.11. The fourth-order valence-corrected chi connectivity index (χ4v) is 4.28. The number of nitrogens with zero attached hydrogens (tertiary/aromatic N) is 5. The maximum Gasteiger partial charge on any atom is 0.247 e. The Morgan fingerprint density at radius 1 is 0.903 bits per heavy atom. The normalized spacial score (nSPS) is 11.0. The van der Waals surface area contributed by atoms with Crippen molar-refractivity contribution in [2.75, 3.05) is 0 Å². The molecule has 3 aromatic heterocycles. The first-order valence-electron chi connectivity index (χ1n) is 9.78. The quantitative estimate of drug-likeness (QED) is 0.362. The Kier molecular flexibility index (Phi) is 5.09. The summed E-state index contributed by atoms with van der Waals surface area (Å²) in [5.41, 5.74) is 4.86. The van der Waals surface area contributed by atoms with Crippen molar-refractivity contribution in [3.8, 4) is 34.2 Å². The maximum absolute atomic E-state index is 5.30. The highest BCUT2D eigenvalue weighted by atomic mass is 32.2. The fraction of sp³-hybridized carbons (Fsp3) is 0.0833. The van der Waals surface area contributed by atoms with Gasteiger partial charge in [-0.05, 0) is 43.3 Å². The summed E-state index contributed by atoms with van der Waals surface area (Å²) >= 11 is 1.69. The van der Waals surface area contributed by atoms with Gasteiger partial charge in [-0.25, -0.2) is 4.98 Å². The third-order valence-electron chi connectivity index (χ3n) is 4.94. The van der Waals surface area contributed by atoms with E-state index in [9.17, 15) is 0 Å². The van der Waals surface area contributed by atoms with E-state index in [0.29, 0.717) is 5.89 Å². The van der Waals surface area contributed by atoms with Crippen molar-refractivity contribution < 1.29 is 4.42 Å². The zero-order valence-electron chi connectivity index (χ0n) is 17.1. The molecule has 5 rings (SSSR count). The highest BCUT2D eigenvalue weighted by Crippen LogP contribution is 2.38. The van der Waals surface area contributed by atoms with Crippen molar-refractivity contribution >= 4 is 11.8 Å². The van der Waals surface area contributed by atoms with Crippen molar-refractivity contribution in [1.29, 1.82) is 0 Å². The SMILES string of the molecule is Cc1ccc(Sc2c(-c3ccc(-c4nnco4)cc3)nc(-c3ccccn3)n2C)cc1. The van der Waals surface area contributed by atoms with E-state index in [2.05, 4.69) is 50.9 Å². The van der Waals surface area contributed by atoms with Crippen molar-refractivity contribution in [3.63, 3.8) is 0 Å². The minimum absolute atomic E-state index is 0.496. The lowest BCUT2D eigenvalue weighted by molar-refractivity contribution is 0.568. The van der Waals surface area contributed by atoms with Gasteiger partial charge in [0.15, 0.2) is 5.82 Å². The lowest BCUT2D eigenvalue weighted by Gasteiger charge is -2.08. The minimum Gasteiger partial charge on any atom is -0.423 e. The van der Waals surface area contributed by atoms with Crippen LogP contribution in [0.1, 0.15) is 5.56 Å². The molecule has 0 aliphatic heterocycles. The summed E-state index contributed by atoms with van der Waals surface area (Å²) in [5, 5.41) is 8.78. The van der Waals surface area contributed by atoms with Gasteiger partial charge in [0.1, 0.15) is 16.4 Å². The summed E-state index contributed by atoms with van der Waals surface area (Å²) in [6.07, 6.45) is 3.12. The van der Waals surface area contributed by atoms with E-state index >= 15 is 0 Å². The Hall–Kier alpha value is -3.71. The first-order valence-corrected chi connectivity index (χ1v) is 10.6. The van der Waals surface area contributed by atoms with Crippen molar-refractivity contribution in [1.82, 2.24) is 24.7 Å². The summed E-state index contributed by atoms with van der Waals surface area (Å²) < 4.78 is 7.41. The van der Waals surface area contributed by atoms with E-state index < -0.39 is 0 Å². The highest BCUT2D eigenvalue weighted by molar-refractivity contribution is 7.99. The van der Waals surface area contributed by atoms with Crippen molar-refractivity contribution in [3.05, 3.63) is 84.9 Å². The van der Waals surface area contributed by atoms with Crippen LogP contribution in [0.4, 0.5) is 0 Å².